The normalized spacial score (nSPS) is 12.8. The summed E-state index contributed by atoms with van der Waals surface area (Å²) in [7, 11) is -18.8. The molecule has 0 fully saturated rings. The number of rotatable bonds is 23. The van der Waals surface area contributed by atoms with Gasteiger partial charge in [0.1, 0.15) is 70.9 Å². The number of hydrogen-bond acceptors (Lipinski definition) is 34. The Bertz CT molecular complexity index is 4660. The predicted octanol–water partition coefficient (Wildman–Crippen LogP) is 11.8. The zero-order valence-corrected chi connectivity index (χ0v) is 47.9. The zero-order valence-electron chi connectivity index (χ0n) is 42.2. The van der Waals surface area contributed by atoms with Crippen molar-refractivity contribution < 1.29 is 121 Å². The van der Waals surface area contributed by atoms with E-state index in [9.17, 15) is 67.2 Å². The van der Waals surface area contributed by atoms with Crippen LogP contribution < -0.4 is 15.2 Å². The molecule has 42 heteroatoms. The van der Waals surface area contributed by atoms with Crippen molar-refractivity contribution in [2.75, 3.05) is 20.0 Å². The van der Waals surface area contributed by atoms with Gasteiger partial charge in [-0.05, 0) is 90.3 Å². The maximum Gasteiger partial charge on any atom is 0.297 e. The van der Waals surface area contributed by atoms with Gasteiger partial charge < -0.3 is 30.5 Å². The highest BCUT2D eigenvalue weighted by Crippen LogP contribution is 2.52. The number of methoxy groups -OCH3 is 2. The number of ether oxygens (including phenoxy) is 2. The molecular formula is C44H33N9O26S7. The monoisotopic (exact) mass is 1330 g/mol. The summed E-state index contributed by atoms with van der Waals surface area (Å²) < 4.78 is 167. The van der Waals surface area contributed by atoms with E-state index >= 15 is 0 Å². The summed E-state index contributed by atoms with van der Waals surface area (Å²) in [5.41, 5.74) is 1.48. The molecule has 0 aliphatic rings. The van der Waals surface area contributed by atoms with Gasteiger partial charge in [0.15, 0.2) is 17.2 Å². The topological polar surface area (TPSA) is 538 Å². The fourth-order valence-electron chi connectivity index (χ4n) is 7.81. The molecule has 35 nitrogen and oxygen atoms in total. The Morgan fingerprint density at radius 2 is 0.919 bits per heavy atom. The molecule has 8 aromatic rings. The van der Waals surface area contributed by atoms with E-state index in [4.69, 9.17) is 31.0 Å². The zero-order chi connectivity index (χ0) is 62.6. The number of hydrogen-bond donors (Lipinski definition) is 11. The van der Waals surface area contributed by atoms with Crippen LogP contribution in [0.4, 0.5) is 51.2 Å². The van der Waals surface area contributed by atoms with Crippen LogP contribution >= 0.6 is 36.1 Å². The average molecular weight is 1330 g/mol. The van der Waals surface area contributed by atoms with Gasteiger partial charge in [-0.3, -0.25) is 18.2 Å². The molecule has 86 heavy (non-hydrogen) atoms. The van der Waals surface area contributed by atoms with Crippen molar-refractivity contribution in [2.24, 2.45) is 40.9 Å². The number of aromatic hydroxyl groups is 3. The molecule has 0 atom stereocenters. The van der Waals surface area contributed by atoms with E-state index in [2.05, 4.69) is 69.0 Å². The summed E-state index contributed by atoms with van der Waals surface area (Å²) in [6.07, 6.45) is 0. The van der Waals surface area contributed by atoms with Gasteiger partial charge >= 0.3 is 0 Å². The molecule has 0 aliphatic carbocycles. The van der Waals surface area contributed by atoms with Crippen LogP contribution in [0.2, 0.25) is 0 Å². The molecule has 8 aromatic carbocycles. The summed E-state index contributed by atoms with van der Waals surface area (Å²) in [6, 6.07) is 16.1. The van der Waals surface area contributed by atoms with Crippen LogP contribution in [0, 0.1) is 0 Å². The molecular weight excluding hydrogens is 1290 g/mol. The van der Waals surface area contributed by atoms with Gasteiger partial charge in [-0.25, -0.2) is 15.8 Å². The van der Waals surface area contributed by atoms with Gasteiger partial charge in [-0.1, -0.05) is 15.1 Å². The Balaban J connectivity index is 1.24. The second-order valence-corrected chi connectivity index (χ2v) is 24.2. The fourth-order valence-corrected chi connectivity index (χ4v) is 12.1. The molecule has 452 valence electrons. The molecule has 0 saturated heterocycles. The summed E-state index contributed by atoms with van der Waals surface area (Å²) in [5, 5.41) is 101. The third-order valence-corrected chi connectivity index (χ3v) is 16.9. The van der Waals surface area contributed by atoms with Crippen molar-refractivity contribution in [3.63, 3.8) is 0 Å². The number of nitrogen functional groups attached to an aromatic ring is 1. The van der Waals surface area contributed by atoms with Crippen LogP contribution in [0.3, 0.4) is 0 Å². The minimum Gasteiger partial charge on any atom is -0.505 e. The highest BCUT2D eigenvalue weighted by atomic mass is 32.2. The minimum atomic E-state index is -5.60. The van der Waals surface area contributed by atoms with Crippen LogP contribution in [0.25, 0.3) is 32.3 Å². The van der Waals surface area contributed by atoms with E-state index in [-0.39, 0.29) is 73.2 Å². The Morgan fingerprint density at radius 1 is 0.419 bits per heavy atom. The molecule has 0 radical (unpaired) electrons. The second kappa shape index (κ2) is 26.0. The number of phenols is 3. The first-order chi connectivity index (χ1) is 40.6. The number of fused-ring (bicyclic) bond motifs is 3. The molecule has 0 bridgehead atoms. The average Bonchev–Trinajstić information content (AvgIpc) is 0.781. The lowest BCUT2D eigenvalue weighted by Crippen LogP contribution is -2.03. The van der Waals surface area contributed by atoms with Crippen molar-refractivity contribution in [1.29, 1.82) is 0 Å². The highest BCUT2D eigenvalue weighted by molar-refractivity contribution is 7.95. The number of phenolic OH excluding ortho intramolecular Hbond substituents is 3. The summed E-state index contributed by atoms with van der Waals surface area (Å²) in [5.74, 6) is -2.56. The maximum absolute atomic E-state index is 13.1. The lowest BCUT2D eigenvalue weighted by atomic mass is 10.0. The number of anilines is 1. The number of nitrogens with zero attached hydrogens (tertiary/aromatic N) is 8. The quantitative estimate of drug-likeness (QED) is 0.00707. The predicted molar refractivity (Wildman–Crippen MR) is 295 cm³/mol. The molecule has 0 aromatic heterocycles. The summed E-state index contributed by atoms with van der Waals surface area (Å²) >= 11 is 0.757. The van der Waals surface area contributed by atoms with Gasteiger partial charge in [-0.15, -0.1) is 48.8 Å². The fraction of sp³-hybridized carbons (Fsp3) is 0.0455. The number of azo groups is 4. The first kappa shape index (κ1) is 64.1. The molecule has 0 amide bonds. The molecule has 0 unspecified atom stereocenters. The lowest BCUT2D eigenvalue weighted by molar-refractivity contribution is -0.432. The first-order valence-electron chi connectivity index (χ1n) is 22.2. The summed E-state index contributed by atoms with van der Waals surface area (Å²) in [4.78, 5) is -4.89. The largest absolute Gasteiger partial charge is 0.505 e. The van der Waals surface area contributed by atoms with Gasteiger partial charge in [0.25, 0.3) is 40.5 Å². The number of benzene rings is 8. The van der Waals surface area contributed by atoms with Crippen molar-refractivity contribution in [1.82, 2.24) is 0 Å². The highest BCUT2D eigenvalue weighted by Gasteiger charge is 2.30. The van der Waals surface area contributed by atoms with Crippen molar-refractivity contribution in [2.45, 2.75) is 34.3 Å². The van der Waals surface area contributed by atoms with Crippen LogP contribution in [0.1, 0.15) is 0 Å². The maximum atomic E-state index is 13.1. The van der Waals surface area contributed by atoms with E-state index in [1.165, 1.54) is 62.8 Å². The van der Waals surface area contributed by atoms with E-state index in [0.29, 0.717) is 24.2 Å². The molecule has 0 saturated carbocycles. The van der Waals surface area contributed by atoms with Crippen LogP contribution in [0.15, 0.2) is 166 Å². The van der Waals surface area contributed by atoms with Crippen LogP contribution in [-0.4, -0.2) is 97.2 Å². The third-order valence-electron chi connectivity index (χ3n) is 11.5. The minimum absolute atomic E-state index is 0.0201. The molecule has 12 N–H and O–H groups in total. The van der Waals surface area contributed by atoms with Crippen molar-refractivity contribution in [3.05, 3.63) is 91.0 Å². The van der Waals surface area contributed by atoms with Gasteiger partial charge in [0.05, 0.1) is 81.8 Å². The standard InChI is InChI=1S/C44H33N9O26S7/c1-72-20-4-8-26(30(13-20)80-77-74-57)47-53-40-35(85(66,67)68)16-24-23(42(40)55)7-10-28(44(24)86(69,70)71)49-50-29-17-33(83(60,61)62)25-15-32(82-79-76-59)39(43(56)36(25)37(29)45)51-46-19-3-6-22-18(11-19)12-31(81-78-75-58)38(41(22)54)52-48-27-9-5-21(73-2)14-34(27)84(63,64)65/h3-17,54-59H,45H2,1-2H3,(H,60,61,62)(H,63,64,65)(H,66,67,68)(H,69,70,71). The third kappa shape index (κ3) is 13.8. The molecule has 0 spiro atoms. The SMILES string of the molecule is COc1ccc(N=Nc2c(S(=O)(=O)O)cc3c(S(=O)(=O)O)c(N=Nc4cc(S(=O)(=O)O)c5cc(SOOO)c(N=Nc6ccc7c(O)c(N=Nc8ccc(OC)cc8S(=O)(=O)O)c(SOOO)cc7c6)c(O)c5c4N)ccc3c2O)c(SOOO)c1. The van der Waals surface area contributed by atoms with Crippen molar-refractivity contribution >= 4 is 160 Å². The number of nitrogens with two attached hydrogens (primary N) is 1. The van der Waals surface area contributed by atoms with Crippen molar-refractivity contribution in [3.8, 4) is 28.7 Å². The Morgan fingerprint density at radius 3 is 1.52 bits per heavy atom. The summed E-state index contributed by atoms with van der Waals surface area (Å²) in [6.45, 7) is 0. The van der Waals surface area contributed by atoms with Crippen LogP contribution in [0.5, 0.6) is 28.7 Å². The first-order valence-corrected chi connectivity index (χ1v) is 30.2. The second-order valence-electron chi connectivity index (χ2n) is 16.4. The molecule has 0 aliphatic heterocycles. The van der Waals surface area contributed by atoms with Gasteiger partial charge in [-0.2, -0.15) is 38.8 Å². The Labute approximate surface area is 492 Å². The molecule has 8 rings (SSSR count). The van der Waals surface area contributed by atoms with E-state index in [1.807, 2.05) is 0 Å². The molecule has 0 heterocycles. The van der Waals surface area contributed by atoms with E-state index < -0.39 is 138 Å². The Kier molecular flexibility index (Phi) is 19.3. The smallest absolute Gasteiger partial charge is 0.297 e. The van der Waals surface area contributed by atoms with E-state index in [0.717, 1.165) is 30.3 Å². The van der Waals surface area contributed by atoms with Gasteiger partial charge in [0, 0.05) is 27.6 Å². The van der Waals surface area contributed by atoms with Gasteiger partial charge in [0.2, 0.25) is 0 Å². The Hall–Kier alpha value is -7.93. The van der Waals surface area contributed by atoms with Crippen LogP contribution in [-0.2, 0) is 68.6 Å². The lowest BCUT2D eigenvalue weighted by Gasteiger charge is -2.15. The van der Waals surface area contributed by atoms with E-state index in [1.54, 1.807) is 0 Å².